The van der Waals surface area contributed by atoms with Crippen LogP contribution in [0.3, 0.4) is 0 Å². The molecule has 0 aliphatic heterocycles. The second kappa shape index (κ2) is 6.68. The first kappa shape index (κ1) is 14.8. The molecular formula is C15H17ClFN3. The highest BCUT2D eigenvalue weighted by atomic mass is 35.5. The summed E-state index contributed by atoms with van der Waals surface area (Å²) in [5, 5.41) is 3.61. The average Bonchev–Trinajstić information content (AvgIpc) is 2.42. The van der Waals surface area contributed by atoms with Gasteiger partial charge in [0.1, 0.15) is 5.82 Å². The van der Waals surface area contributed by atoms with E-state index in [0.717, 1.165) is 11.3 Å². The van der Waals surface area contributed by atoms with Crippen molar-refractivity contribution in [1.82, 2.24) is 10.3 Å². The van der Waals surface area contributed by atoms with Gasteiger partial charge in [-0.05, 0) is 43.8 Å². The molecule has 0 fully saturated rings. The van der Waals surface area contributed by atoms with Gasteiger partial charge in [-0.15, -0.1) is 0 Å². The summed E-state index contributed by atoms with van der Waals surface area (Å²) in [5.74, 6) is 0.364. The molecular weight excluding hydrogens is 277 g/mol. The van der Waals surface area contributed by atoms with Crippen LogP contribution in [-0.4, -0.2) is 18.6 Å². The van der Waals surface area contributed by atoms with Gasteiger partial charge in [-0.2, -0.15) is 0 Å². The van der Waals surface area contributed by atoms with Crippen molar-refractivity contribution in [2.24, 2.45) is 0 Å². The van der Waals surface area contributed by atoms with Gasteiger partial charge in [0, 0.05) is 25.0 Å². The van der Waals surface area contributed by atoms with Crippen molar-refractivity contribution in [3.05, 3.63) is 52.9 Å². The maximum Gasteiger partial charge on any atom is 0.151 e. The number of anilines is 2. The van der Waals surface area contributed by atoms with Crippen LogP contribution in [0.25, 0.3) is 0 Å². The highest BCUT2D eigenvalue weighted by molar-refractivity contribution is 6.33. The van der Waals surface area contributed by atoms with Crippen molar-refractivity contribution >= 4 is 23.1 Å². The van der Waals surface area contributed by atoms with E-state index in [0.29, 0.717) is 23.9 Å². The third-order valence-electron chi connectivity index (χ3n) is 2.95. The van der Waals surface area contributed by atoms with E-state index in [1.807, 2.05) is 31.0 Å². The second-order valence-electron chi connectivity index (χ2n) is 4.40. The third kappa shape index (κ3) is 3.26. The molecule has 1 heterocycles. The van der Waals surface area contributed by atoms with Crippen molar-refractivity contribution < 1.29 is 4.39 Å². The average molecular weight is 294 g/mol. The van der Waals surface area contributed by atoms with Crippen LogP contribution >= 0.6 is 11.6 Å². The first-order chi connectivity index (χ1) is 9.65. The number of aromatic nitrogens is 1. The third-order valence-corrected chi connectivity index (χ3v) is 3.23. The van der Waals surface area contributed by atoms with Crippen LogP contribution in [-0.2, 0) is 6.54 Å². The van der Waals surface area contributed by atoms with E-state index in [2.05, 4.69) is 10.3 Å². The van der Waals surface area contributed by atoms with Crippen molar-refractivity contribution in [3.63, 3.8) is 0 Å². The van der Waals surface area contributed by atoms with Gasteiger partial charge >= 0.3 is 0 Å². The number of hydrogen-bond donors (Lipinski definition) is 1. The number of nitrogens with one attached hydrogen (secondary N) is 1. The molecule has 1 N–H and O–H groups in total. The van der Waals surface area contributed by atoms with E-state index in [9.17, 15) is 4.39 Å². The topological polar surface area (TPSA) is 28.2 Å². The van der Waals surface area contributed by atoms with Gasteiger partial charge < -0.3 is 10.2 Å². The van der Waals surface area contributed by atoms with E-state index >= 15 is 0 Å². The van der Waals surface area contributed by atoms with E-state index in [4.69, 9.17) is 11.6 Å². The Kier molecular flexibility index (Phi) is 4.93. The highest BCUT2D eigenvalue weighted by Gasteiger charge is 2.13. The molecule has 20 heavy (non-hydrogen) atoms. The molecule has 0 atom stereocenters. The fourth-order valence-corrected chi connectivity index (χ4v) is 2.36. The Morgan fingerprint density at radius 2 is 2.15 bits per heavy atom. The SMILES string of the molecule is CCN(c1cccc(F)c1)c1ncc(CNC)cc1Cl. The summed E-state index contributed by atoms with van der Waals surface area (Å²) in [6.45, 7) is 3.34. The molecule has 0 saturated heterocycles. The summed E-state index contributed by atoms with van der Waals surface area (Å²) < 4.78 is 13.4. The van der Waals surface area contributed by atoms with Crippen molar-refractivity contribution in [3.8, 4) is 0 Å². The van der Waals surface area contributed by atoms with Crippen LogP contribution in [0, 0.1) is 5.82 Å². The number of pyridine rings is 1. The molecule has 0 spiro atoms. The fraction of sp³-hybridized carbons (Fsp3) is 0.267. The van der Waals surface area contributed by atoms with Gasteiger partial charge in [-0.1, -0.05) is 17.7 Å². The lowest BCUT2D eigenvalue weighted by atomic mass is 10.2. The molecule has 106 valence electrons. The van der Waals surface area contributed by atoms with Gasteiger partial charge in [0.2, 0.25) is 0 Å². The maximum absolute atomic E-state index is 13.4. The first-order valence-electron chi connectivity index (χ1n) is 6.47. The Morgan fingerprint density at radius 1 is 1.35 bits per heavy atom. The van der Waals surface area contributed by atoms with E-state index < -0.39 is 0 Å². The van der Waals surface area contributed by atoms with Gasteiger partial charge in [-0.25, -0.2) is 9.37 Å². The minimum Gasteiger partial charge on any atom is -0.325 e. The second-order valence-corrected chi connectivity index (χ2v) is 4.81. The Hall–Kier alpha value is -1.65. The van der Waals surface area contributed by atoms with Crippen LogP contribution in [0.1, 0.15) is 12.5 Å². The summed E-state index contributed by atoms with van der Waals surface area (Å²) in [5.41, 5.74) is 1.75. The Morgan fingerprint density at radius 3 is 2.75 bits per heavy atom. The van der Waals surface area contributed by atoms with Crippen LogP contribution in [0.5, 0.6) is 0 Å². The first-order valence-corrected chi connectivity index (χ1v) is 6.85. The number of rotatable bonds is 5. The minimum atomic E-state index is -0.274. The number of nitrogens with zero attached hydrogens (tertiary/aromatic N) is 2. The normalized spacial score (nSPS) is 10.6. The molecule has 0 amide bonds. The van der Waals surface area contributed by atoms with E-state index in [1.165, 1.54) is 12.1 Å². The van der Waals surface area contributed by atoms with E-state index in [-0.39, 0.29) is 5.82 Å². The molecule has 0 unspecified atom stereocenters. The molecule has 1 aromatic heterocycles. The molecule has 5 heteroatoms. The Labute approximate surface area is 123 Å². The molecule has 1 aromatic carbocycles. The molecule has 0 aliphatic rings. The number of hydrogen-bond acceptors (Lipinski definition) is 3. The van der Waals surface area contributed by atoms with Gasteiger partial charge in [0.25, 0.3) is 0 Å². The zero-order chi connectivity index (χ0) is 14.5. The van der Waals surface area contributed by atoms with Crippen molar-refractivity contribution in [2.45, 2.75) is 13.5 Å². The zero-order valence-electron chi connectivity index (χ0n) is 11.5. The summed E-state index contributed by atoms with van der Waals surface area (Å²) in [4.78, 5) is 6.29. The Bertz CT molecular complexity index is 589. The quantitative estimate of drug-likeness (QED) is 0.910. The van der Waals surface area contributed by atoms with Crippen LogP contribution in [0.4, 0.5) is 15.9 Å². The summed E-state index contributed by atoms with van der Waals surface area (Å²) >= 11 is 6.30. The van der Waals surface area contributed by atoms with Gasteiger partial charge in [0.05, 0.1) is 5.02 Å². The summed E-state index contributed by atoms with van der Waals surface area (Å²) in [6.07, 6.45) is 1.78. The smallest absolute Gasteiger partial charge is 0.151 e. The number of halogens is 2. The standard InChI is InChI=1S/C15H17ClFN3/c1-3-20(13-6-4-5-12(17)8-13)15-14(16)7-11(9-18-2)10-19-15/h4-8,10,18H,3,9H2,1-2H3. The molecule has 0 radical (unpaired) electrons. The van der Waals surface area contributed by atoms with Crippen LogP contribution in [0.15, 0.2) is 36.5 Å². The number of benzene rings is 1. The molecule has 0 bridgehead atoms. The summed E-state index contributed by atoms with van der Waals surface area (Å²) in [6, 6.07) is 8.29. The maximum atomic E-state index is 13.4. The molecule has 2 rings (SSSR count). The lowest BCUT2D eigenvalue weighted by Gasteiger charge is -2.23. The predicted molar refractivity (Wildman–Crippen MR) is 81.1 cm³/mol. The predicted octanol–water partition coefficient (Wildman–Crippen LogP) is 3.75. The van der Waals surface area contributed by atoms with Gasteiger partial charge in [0.15, 0.2) is 5.82 Å². The fourth-order valence-electron chi connectivity index (χ4n) is 2.07. The monoisotopic (exact) mass is 293 g/mol. The van der Waals surface area contributed by atoms with Crippen molar-refractivity contribution in [2.75, 3.05) is 18.5 Å². The molecule has 2 aromatic rings. The molecule has 0 saturated carbocycles. The van der Waals surface area contributed by atoms with Crippen LogP contribution in [0.2, 0.25) is 5.02 Å². The van der Waals surface area contributed by atoms with Crippen molar-refractivity contribution in [1.29, 1.82) is 0 Å². The van der Waals surface area contributed by atoms with Crippen LogP contribution < -0.4 is 10.2 Å². The molecule has 3 nitrogen and oxygen atoms in total. The summed E-state index contributed by atoms with van der Waals surface area (Å²) in [7, 11) is 1.87. The molecule has 0 aliphatic carbocycles. The minimum absolute atomic E-state index is 0.274. The van der Waals surface area contributed by atoms with E-state index in [1.54, 1.807) is 12.3 Å². The zero-order valence-corrected chi connectivity index (χ0v) is 12.3. The Balaban J connectivity index is 2.37. The highest BCUT2D eigenvalue weighted by Crippen LogP contribution is 2.30. The largest absolute Gasteiger partial charge is 0.325 e. The lowest BCUT2D eigenvalue weighted by Crippen LogP contribution is -2.18. The lowest BCUT2D eigenvalue weighted by molar-refractivity contribution is 0.627. The van der Waals surface area contributed by atoms with Gasteiger partial charge in [-0.3, -0.25) is 0 Å².